The zero-order valence-electron chi connectivity index (χ0n) is 10.0. The zero-order valence-corrected chi connectivity index (χ0v) is 10.0. The predicted octanol–water partition coefficient (Wildman–Crippen LogP) is 1.52. The Morgan fingerprint density at radius 2 is 2.00 bits per heavy atom. The lowest BCUT2D eigenvalue weighted by Gasteiger charge is -2.25. The van der Waals surface area contributed by atoms with Crippen LogP contribution in [0.25, 0.3) is 0 Å². The van der Waals surface area contributed by atoms with Crippen LogP contribution in [0.3, 0.4) is 0 Å². The molecule has 84 valence electrons. The van der Waals surface area contributed by atoms with Gasteiger partial charge in [0, 0.05) is 19.7 Å². The van der Waals surface area contributed by atoms with Crippen LogP contribution in [0, 0.1) is 0 Å². The smallest absolute Gasteiger partial charge is 0.0714 e. The molecule has 0 spiro atoms. The molecule has 0 amide bonds. The third-order valence-electron chi connectivity index (χ3n) is 2.69. The van der Waals surface area contributed by atoms with E-state index in [4.69, 9.17) is 9.47 Å². The highest BCUT2D eigenvalue weighted by molar-refractivity contribution is 4.84. The summed E-state index contributed by atoms with van der Waals surface area (Å²) in [6.45, 7) is 8.11. The number of rotatable bonds is 3. The van der Waals surface area contributed by atoms with Gasteiger partial charge in [-0.1, -0.05) is 0 Å². The van der Waals surface area contributed by atoms with Crippen molar-refractivity contribution in [2.75, 3.05) is 27.3 Å². The van der Waals surface area contributed by atoms with Crippen molar-refractivity contribution in [2.24, 2.45) is 0 Å². The van der Waals surface area contributed by atoms with Gasteiger partial charge in [0.1, 0.15) is 0 Å². The number of likely N-dealkylation sites (tertiary alicyclic amines) is 1. The fraction of sp³-hybridized carbons (Fsp3) is 1.00. The molecule has 2 atom stereocenters. The minimum absolute atomic E-state index is 0.0357. The standard InChI is InChI=1S/C11H23NO2/c1-11(2,3)14-8-9-6-10(13-5)7-12(9)4/h9-10H,6-8H2,1-5H3/t9-,10+/m0/s1. The highest BCUT2D eigenvalue weighted by Crippen LogP contribution is 2.20. The Hall–Kier alpha value is -0.120. The van der Waals surface area contributed by atoms with Gasteiger partial charge in [-0.25, -0.2) is 0 Å². The van der Waals surface area contributed by atoms with Crippen molar-refractivity contribution in [3.05, 3.63) is 0 Å². The summed E-state index contributed by atoms with van der Waals surface area (Å²) in [5.74, 6) is 0. The second kappa shape index (κ2) is 4.60. The molecule has 3 heteroatoms. The van der Waals surface area contributed by atoms with Gasteiger partial charge in [0.2, 0.25) is 0 Å². The second-order valence-corrected chi connectivity index (χ2v) is 5.11. The van der Waals surface area contributed by atoms with Gasteiger partial charge in [-0.15, -0.1) is 0 Å². The lowest BCUT2D eigenvalue weighted by Crippen LogP contribution is -2.33. The molecule has 1 saturated heterocycles. The van der Waals surface area contributed by atoms with Gasteiger partial charge in [0.05, 0.1) is 18.3 Å². The van der Waals surface area contributed by atoms with E-state index in [1.807, 2.05) is 0 Å². The van der Waals surface area contributed by atoms with Crippen LogP contribution in [0.4, 0.5) is 0 Å². The van der Waals surface area contributed by atoms with Crippen molar-refractivity contribution < 1.29 is 9.47 Å². The molecule has 0 N–H and O–H groups in total. The molecule has 0 aromatic carbocycles. The van der Waals surface area contributed by atoms with Crippen LogP contribution < -0.4 is 0 Å². The Kier molecular flexibility index (Phi) is 3.93. The van der Waals surface area contributed by atoms with Crippen molar-refractivity contribution in [1.82, 2.24) is 4.90 Å². The van der Waals surface area contributed by atoms with Crippen LogP contribution in [0.15, 0.2) is 0 Å². The number of ether oxygens (including phenoxy) is 2. The van der Waals surface area contributed by atoms with Crippen molar-refractivity contribution in [2.45, 2.75) is 44.9 Å². The summed E-state index contributed by atoms with van der Waals surface area (Å²) in [6, 6.07) is 0.513. The topological polar surface area (TPSA) is 21.7 Å². The monoisotopic (exact) mass is 201 g/mol. The molecule has 14 heavy (non-hydrogen) atoms. The van der Waals surface area contributed by atoms with E-state index in [0.717, 1.165) is 19.6 Å². The first kappa shape index (κ1) is 12.0. The van der Waals surface area contributed by atoms with Crippen molar-refractivity contribution >= 4 is 0 Å². The van der Waals surface area contributed by atoms with Gasteiger partial charge in [0.25, 0.3) is 0 Å². The summed E-state index contributed by atoms with van der Waals surface area (Å²) in [4.78, 5) is 2.32. The van der Waals surface area contributed by atoms with Crippen molar-refractivity contribution in [3.8, 4) is 0 Å². The predicted molar refractivity (Wildman–Crippen MR) is 57.5 cm³/mol. The first-order valence-electron chi connectivity index (χ1n) is 5.29. The lowest BCUT2D eigenvalue weighted by molar-refractivity contribution is -0.0255. The van der Waals surface area contributed by atoms with Crippen LogP contribution in [0.5, 0.6) is 0 Å². The molecule has 0 saturated carbocycles. The van der Waals surface area contributed by atoms with E-state index in [2.05, 4.69) is 32.7 Å². The average Bonchev–Trinajstić information content (AvgIpc) is 2.42. The first-order chi connectivity index (χ1) is 6.42. The van der Waals surface area contributed by atoms with Gasteiger partial charge in [0.15, 0.2) is 0 Å². The van der Waals surface area contributed by atoms with Crippen LogP contribution in [0.2, 0.25) is 0 Å². The first-order valence-corrected chi connectivity index (χ1v) is 5.29. The molecule has 1 aliphatic rings. The van der Waals surface area contributed by atoms with Crippen molar-refractivity contribution in [1.29, 1.82) is 0 Å². The summed E-state index contributed by atoms with van der Waals surface area (Å²) in [7, 11) is 3.92. The molecule has 3 nitrogen and oxygen atoms in total. The van der Waals surface area contributed by atoms with E-state index >= 15 is 0 Å². The zero-order chi connectivity index (χ0) is 10.8. The minimum atomic E-state index is -0.0357. The molecule has 0 unspecified atom stereocenters. The molecule has 1 aliphatic heterocycles. The molecular weight excluding hydrogens is 178 g/mol. The summed E-state index contributed by atoms with van der Waals surface area (Å²) >= 11 is 0. The van der Waals surface area contributed by atoms with Crippen LogP contribution in [-0.2, 0) is 9.47 Å². The maximum absolute atomic E-state index is 5.78. The van der Waals surface area contributed by atoms with Gasteiger partial charge in [-0.05, 0) is 34.2 Å². The Morgan fingerprint density at radius 3 is 2.43 bits per heavy atom. The fourth-order valence-corrected chi connectivity index (χ4v) is 1.74. The third kappa shape index (κ3) is 3.56. The average molecular weight is 201 g/mol. The maximum atomic E-state index is 5.78. The van der Waals surface area contributed by atoms with Crippen LogP contribution >= 0.6 is 0 Å². The SMILES string of the molecule is CO[C@@H]1C[C@@H](COC(C)(C)C)N(C)C1. The van der Waals surface area contributed by atoms with Gasteiger partial charge >= 0.3 is 0 Å². The number of hydrogen-bond donors (Lipinski definition) is 0. The highest BCUT2D eigenvalue weighted by Gasteiger charge is 2.30. The molecule has 1 rings (SSSR count). The van der Waals surface area contributed by atoms with E-state index < -0.39 is 0 Å². The normalized spacial score (nSPS) is 29.8. The summed E-state index contributed by atoms with van der Waals surface area (Å²) < 4.78 is 11.1. The minimum Gasteiger partial charge on any atom is -0.380 e. The van der Waals surface area contributed by atoms with E-state index in [9.17, 15) is 0 Å². The van der Waals surface area contributed by atoms with E-state index in [0.29, 0.717) is 12.1 Å². The Bertz CT molecular complexity index is 177. The van der Waals surface area contributed by atoms with Gasteiger partial charge in [-0.2, -0.15) is 0 Å². The van der Waals surface area contributed by atoms with Crippen LogP contribution in [0.1, 0.15) is 27.2 Å². The largest absolute Gasteiger partial charge is 0.380 e. The number of methoxy groups -OCH3 is 1. The molecule has 1 fully saturated rings. The molecular formula is C11H23NO2. The second-order valence-electron chi connectivity index (χ2n) is 5.11. The van der Waals surface area contributed by atoms with E-state index in [1.165, 1.54) is 0 Å². The fourth-order valence-electron chi connectivity index (χ4n) is 1.74. The highest BCUT2D eigenvalue weighted by atomic mass is 16.5. The number of hydrogen-bond acceptors (Lipinski definition) is 3. The summed E-state index contributed by atoms with van der Waals surface area (Å²) in [6.07, 6.45) is 1.47. The summed E-state index contributed by atoms with van der Waals surface area (Å²) in [5, 5.41) is 0. The Balaban J connectivity index is 2.32. The Morgan fingerprint density at radius 1 is 1.36 bits per heavy atom. The maximum Gasteiger partial charge on any atom is 0.0714 e. The third-order valence-corrected chi connectivity index (χ3v) is 2.69. The molecule has 0 radical (unpaired) electrons. The lowest BCUT2D eigenvalue weighted by atomic mass is 10.1. The molecule has 0 bridgehead atoms. The van der Waals surface area contributed by atoms with Gasteiger partial charge < -0.3 is 9.47 Å². The molecule has 0 aliphatic carbocycles. The molecule has 1 heterocycles. The van der Waals surface area contributed by atoms with Crippen LogP contribution in [-0.4, -0.2) is 50.0 Å². The number of nitrogens with zero attached hydrogens (tertiary/aromatic N) is 1. The number of likely N-dealkylation sites (N-methyl/N-ethyl adjacent to an activating group) is 1. The molecule has 0 aromatic rings. The summed E-state index contributed by atoms with van der Waals surface area (Å²) in [5.41, 5.74) is -0.0357. The quantitative estimate of drug-likeness (QED) is 0.691. The molecule has 0 aromatic heterocycles. The Labute approximate surface area is 87.4 Å². The van der Waals surface area contributed by atoms with Crippen molar-refractivity contribution in [3.63, 3.8) is 0 Å². The van der Waals surface area contributed by atoms with E-state index in [1.54, 1.807) is 7.11 Å². The van der Waals surface area contributed by atoms with Gasteiger partial charge in [-0.3, -0.25) is 4.90 Å². The van der Waals surface area contributed by atoms with E-state index in [-0.39, 0.29) is 5.60 Å².